The van der Waals surface area contributed by atoms with Gasteiger partial charge in [-0.05, 0) is 17.7 Å². The molecule has 0 aliphatic carbocycles. The fourth-order valence-corrected chi connectivity index (χ4v) is 2.22. The fourth-order valence-electron chi connectivity index (χ4n) is 2.22. The Labute approximate surface area is 146 Å². The van der Waals surface area contributed by atoms with Crippen LogP contribution in [0.1, 0.15) is 11.4 Å². The molecule has 2 rings (SSSR count). The zero-order valence-electron chi connectivity index (χ0n) is 14.6. The second kappa shape index (κ2) is 8.67. The van der Waals surface area contributed by atoms with Crippen LogP contribution in [0.4, 0.5) is 0 Å². The minimum atomic E-state index is -0.505. The highest BCUT2D eigenvalue weighted by Gasteiger charge is 2.10. The van der Waals surface area contributed by atoms with Crippen LogP contribution in [0.25, 0.3) is 0 Å². The molecule has 9 heteroatoms. The molecular formula is C16H23N7O2. The second-order valence-electron chi connectivity index (χ2n) is 5.46. The lowest BCUT2D eigenvalue weighted by Gasteiger charge is -2.21. The molecule has 1 aromatic heterocycles. The zero-order chi connectivity index (χ0) is 18.2. The number of nitrogens with two attached hydrogens (primary N) is 1. The van der Waals surface area contributed by atoms with Gasteiger partial charge in [0.15, 0.2) is 12.6 Å². The smallest absolute Gasteiger partial charge is 0.255 e. The van der Waals surface area contributed by atoms with Crippen molar-refractivity contribution in [2.24, 2.45) is 17.8 Å². The van der Waals surface area contributed by atoms with E-state index in [0.717, 1.165) is 17.3 Å². The Kier molecular flexibility index (Phi) is 6.33. The highest BCUT2D eigenvalue weighted by atomic mass is 16.5. The number of aliphatic imine (C=N–C) groups is 1. The third-order valence-corrected chi connectivity index (χ3v) is 3.49. The van der Waals surface area contributed by atoms with E-state index in [1.54, 1.807) is 17.8 Å². The molecule has 134 valence electrons. The first-order chi connectivity index (χ1) is 12.0. The molecule has 0 aliphatic heterocycles. The summed E-state index contributed by atoms with van der Waals surface area (Å²) in [6, 6.07) is 7.45. The van der Waals surface area contributed by atoms with Gasteiger partial charge in [0, 0.05) is 27.7 Å². The molecular weight excluding hydrogens is 322 g/mol. The van der Waals surface area contributed by atoms with E-state index in [4.69, 9.17) is 10.5 Å². The maximum absolute atomic E-state index is 10.8. The summed E-state index contributed by atoms with van der Waals surface area (Å²) in [6.45, 7) is 1.00. The highest BCUT2D eigenvalue weighted by molar-refractivity contribution is 5.79. The average Bonchev–Trinajstić information content (AvgIpc) is 2.99. The molecule has 0 saturated heterocycles. The molecule has 1 heterocycles. The number of nitrogens with zero attached hydrogens (tertiary/aromatic N) is 5. The number of ether oxygens (including phenoxy) is 1. The number of aromatic nitrogens is 3. The number of guanidine groups is 1. The van der Waals surface area contributed by atoms with Crippen LogP contribution in [0, 0.1) is 0 Å². The first kappa shape index (κ1) is 18.2. The van der Waals surface area contributed by atoms with Gasteiger partial charge in [-0.2, -0.15) is 5.10 Å². The Morgan fingerprint density at radius 3 is 2.92 bits per heavy atom. The Morgan fingerprint density at radius 2 is 2.28 bits per heavy atom. The number of hydrogen-bond acceptors (Lipinski definition) is 5. The Balaban J connectivity index is 1.93. The molecule has 9 nitrogen and oxygen atoms in total. The number of primary amides is 1. The predicted molar refractivity (Wildman–Crippen MR) is 93.8 cm³/mol. The molecule has 0 aliphatic rings. The van der Waals surface area contributed by atoms with Gasteiger partial charge >= 0.3 is 0 Å². The third-order valence-electron chi connectivity index (χ3n) is 3.49. The second-order valence-corrected chi connectivity index (χ2v) is 5.46. The first-order valence-corrected chi connectivity index (χ1v) is 7.74. The molecule has 0 radical (unpaired) electrons. The van der Waals surface area contributed by atoms with Gasteiger partial charge in [0.1, 0.15) is 17.9 Å². The van der Waals surface area contributed by atoms with Crippen molar-refractivity contribution in [3.05, 3.63) is 42.0 Å². The molecule has 25 heavy (non-hydrogen) atoms. The Hall–Kier alpha value is -3.10. The van der Waals surface area contributed by atoms with Gasteiger partial charge in [0.05, 0.1) is 6.54 Å². The van der Waals surface area contributed by atoms with Crippen molar-refractivity contribution in [2.75, 3.05) is 20.7 Å². The van der Waals surface area contributed by atoms with Crippen LogP contribution < -0.4 is 15.8 Å². The number of nitrogens with one attached hydrogen (secondary N) is 1. The van der Waals surface area contributed by atoms with E-state index in [1.165, 1.54) is 6.33 Å². The summed E-state index contributed by atoms with van der Waals surface area (Å²) in [7, 11) is 5.50. The molecule has 0 atom stereocenters. The fraction of sp³-hybridized carbons (Fsp3) is 0.375. The lowest BCUT2D eigenvalue weighted by Crippen LogP contribution is -2.38. The minimum Gasteiger partial charge on any atom is -0.484 e. The van der Waals surface area contributed by atoms with Crippen molar-refractivity contribution in [3.8, 4) is 5.75 Å². The van der Waals surface area contributed by atoms with Crippen LogP contribution in [0.2, 0.25) is 0 Å². The van der Waals surface area contributed by atoms with E-state index >= 15 is 0 Å². The van der Waals surface area contributed by atoms with E-state index < -0.39 is 5.91 Å². The van der Waals surface area contributed by atoms with Gasteiger partial charge in [-0.25, -0.2) is 4.98 Å². The van der Waals surface area contributed by atoms with E-state index in [2.05, 4.69) is 20.4 Å². The number of aryl methyl sites for hydroxylation is 1. The van der Waals surface area contributed by atoms with E-state index in [-0.39, 0.29) is 6.61 Å². The van der Waals surface area contributed by atoms with Crippen molar-refractivity contribution in [1.29, 1.82) is 0 Å². The lowest BCUT2D eigenvalue weighted by molar-refractivity contribution is -0.119. The predicted octanol–water partition coefficient (Wildman–Crippen LogP) is -0.113. The SMILES string of the molecule is CN=C(NCc1cccc(OCC(N)=O)c1)N(C)Cc1ncnn1C. The van der Waals surface area contributed by atoms with Crippen molar-refractivity contribution in [3.63, 3.8) is 0 Å². The quantitative estimate of drug-likeness (QED) is 0.535. The highest BCUT2D eigenvalue weighted by Crippen LogP contribution is 2.13. The normalized spacial score (nSPS) is 11.2. The van der Waals surface area contributed by atoms with E-state index in [0.29, 0.717) is 18.8 Å². The lowest BCUT2D eigenvalue weighted by atomic mass is 10.2. The van der Waals surface area contributed by atoms with Gasteiger partial charge in [-0.1, -0.05) is 12.1 Å². The standard InChI is InChI=1S/C16H23N7O2/c1-18-16(22(2)9-15-20-11-21-23(15)3)19-8-12-5-4-6-13(7-12)25-10-14(17)24/h4-7,11H,8-10H2,1-3H3,(H2,17,24)(H,18,19). The Morgan fingerprint density at radius 1 is 1.48 bits per heavy atom. The van der Waals surface area contributed by atoms with Crippen LogP contribution in [0.15, 0.2) is 35.6 Å². The average molecular weight is 345 g/mol. The number of rotatable bonds is 7. The van der Waals surface area contributed by atoms with Gasteiger partial charge in [-0.3, -0.25) is 14.5 Å². The molecule has 3 N–H and O–H groups in total. The molecule has 2 aromatic rings. The summed E-state index contributed by atoms with van der Waals surface area (Å²) >= 11 is 0. The monoisotopic (exact) mass is 345 g/mol. The van der Waals surface area contributed by atoms with Gasteiger partial charge in [0.2, 0.25) is 0 Å². The molecule has 0 unspecified atom stereocenters. The van der Waals surface area contributed by atoms with Crippen LogP contribution in [0.5, 0.6) is 5.75 Å². The Bertz CT molecular complexity index is 742. The number of carbonyl (C=O) groups excluding carboxylic acids is 1. The summed E-state index contributed by atoms with van der Waals surface area (Å²) in [6.07, 6.45) is 1.52. The maximum atomic E-state index is 10.8. The number of carbonyl (C=O) groups is 1. The molecule has 0 fully saturated rings. The van der Waals surface area contributed by atoms with Crippen molar-refractivity contribution in [2.45, 2.75) is 13.1 Å². The van der Waals surface area contributed by atoms with Crippen LogP contribution in [0.3, 0.4) is 0 Å². The minimum absolute atomic E-state index is 0.140. The van der Waals surface area contributed by atoms with Crippen molar-refractivity contribution < 1.29 is 9.53 Å². The topological polar surface area (TPSA) is 111 Å². The summed E-state index contributed by atoms with van der Waals surface area (Å²) in [5.41, 5.74) is 6.08. The molecule has 0 bridgehead atoms. The largest absolute Gasteiger partial charge is 0.484 e. The summed E-state index contributed by atoms with van der Waals surface area (Å²) in [5, 5.41) is 7.34. The summed E-state index contributed by atoms with van der Waals surface area (Å²) in [4.78, 5) is 21.2. The molecule has 0 spiro atoms. The summed E-state index contributed by atoms with van der Waals surface area (Å²) in [5.74, 6) is 1.66. The van der Waals surface area contributed by atoms with Gasteiger partial charge in [-0.15, -0.1) is 0 Å². The number of amides is 1. The third kappa shape index (κ3) is 5.48. The van der Waals surface area contributed by atoms with Crippen molar-refractivity contribution >= 4 is 11.9 Å². The zero-order valence-corrected chi connectivity index (χ0v) is 14.6. The van der Waals surface area contributed by atoms with E-state index in [9.17, 15) is 4.79 Å². The molecule has 1 amide bonds. The maximum Gasteiger partial charge on any atom is 0.255 e. The molecule has 1 aromatic carbocycles. The van der Waals surface area contributed by atoms with Gasteiger partial charge in [0.25, 0.3) is 5.91 Å². The van der Waals surface area contributed by atoms with Crippen LogP contribution in [-0.4, -0.2) is 52.2 Å². The van der Waals surface area contributed by atoms with Crippen LogP contribution >= 0.6 is 0 Å². The van der Waals surface area contributed by atoms with Crippen molar-refractivity contribution in [1.82, 2.24) is 25.0 Å². The number of hydrogen-bond donors (Lipinski definition) is 2. The van der Waals surface area contributed by atoms with Gasteiger partial charge < -0.3 is 20.7 Å². The molecule has 0 saturated carbocycles. The number of benzene rings is 1. The van der Waals surface area contributed by atoms with E-state index in [1.807, 2.05) is 37.2 Å². The first-order valence-electron chi connectivity index (χ1n) is 7.74. The van der Waals surface area contributed by atoms with Crippen LogP contribution in [-0.2, 0) is 24.9 Å². The summed E-state index contributed by atoms with van der Waals surface area (Å²) < 4.78 is 7.04.